The zero-order valence-corrected chi connectivity index (χ0v) is 14.5. The molecule has 6 heteroatoms. The molecule has 5 nitrogen and oxygen atoms in total. The molecule has 0 bridgehead atoms. The monoisotopic (exact) mass is 381 g/mol. The van der Waals surface area contributed by atoms with Gasteiger partial charge in [0.1, 0.15) is 0 Å². The van der Waals surface area contributed by atoms with Gasteiger partial charge in [0.2, 0.25) is 0 Å². The molecule has 0 radical (unpaired) electrons. The summed E-state index contributed by atoms with van der Waals surface area (Å²) in [5.41, 5.74) is 2.98. The van der Waals surface area contributed by atoms with Gasteiger partial charge in [0.25, 0.3) is 0 Å². The molecular weight excluding hydrogens is 366 g/mol. The van der Waals surface area contributed by atoms with E-state index in [1.165, 1.54) is 6.21 Å². The molecule has 1 aromatic heterocycles. The Kier molecular flexibility index (Phi) is 5.02. The second-order valence-electron chi connectivity index (χ2n) is 5.72. The lowest BCUT2D eigenvalue weighted by molar-refractivity contribution is 0.291. The molecule has 0 atom stereocenters. The Bertz CT molecular complexity index is 859. The van der Waals surface area contributed by atoms with Crippen molar-refractivity contribution in [3.63, 3.8) is 0 Å². The summed E-state index contributed by atoms with van der Waals surface area (Å²) in [6, 6.07) is 8.14. The number of aromatic nitrogens is 2. The lowest BCUT2D eigenvalue weighted by Crippen LogP contribution is -2.37. The molecule has 120 valence electrons. The molecule has 0 unspecified atom stereocenters. The number of nitrogens with zero attached hydrogens (tertiary/aromatic N) is 3. The molecule has 0 aliphatic heterocycles. The van der Waals surface area contributed by atoms with Crippen molar-refractivity contribution in [3.05, 3.63) is 52.9 Å². The lowest BCUT2D eigenvalue weighted by Gasteiger charge is -2.33. The molecule has 1 aliphatic rings. The molecule has 0 spiro atoms. The third kappa shape index (κ3) is 3.69. The fourth-order valence-electron chi connectivity index (χ4n) is 2.66. The summed E-state index contributed by atoms with van der Waals surface area (Å²) in [6.45, 7) is 0. The Morgan fingerprint density at radius 2 is 2.21 bits per heavy atom. The van der Waals surface area contributed by atoms with Gasteiger partial charge in [0.15, 0.2) is 0 Å². The highest BCUT2D eigenvalue weighted by molar-refractivity contribution is 9.10. The highest BCUT2D eigenvalue weighted by Gasteiger charge is 2.26. The van der Waals surface area contributed by atoms with E-state index in [0.717, 1.165) is 28.3 Å². The molecule has 2 aromatic rings. The first-order valence-electron chi connectivity index (χ1n) is 7.65. The Hall–Kier alpha value is -2.52. The van der Waals surface area contributed by atoms with Crippen molar-refractivity contribution in [1.82, 2.24) is 15.3 Å². The van der Waals surface area contributed by atoms with Gasteiger partial charge in [-0.3, -0.25) is 4.98 Å². The van der Waals surface area contributed by atoms with Crippen LogP contribution in [0.5, 0.6) is 0 Å². The summed E-state index contributed by atoms with van der Waals surface area (Å²) in [4.78, 5) is 8.99. The van der Waals surface area contributed by atoms with Gasteiger partial charge in [-0.15, -0.1) is 0 Å². The molecule has 0 saturated heterocycles. The SMILES string of the molecule is N#C/C=C/[C@H]1C[C@H](N/C=C(\C=N)c2cnc3ccc(Br)cc3n2)C1. The summed E-state index contributed by atoms with van der Waals surface area (Å²) in [5, 5.41) is 19.5. The van der Waals surface area contributed by atoms with Gasteiger partial charge in [0.05, 0.1) is 29.0 Å². The second-order valence-corrected chi connectivity index (χ2v) is 6.63. The van der Waals surface area contributed by atoms with Crippen LogP contribution in [0.25, 0.3) is 16.6 Å². The van der Waals surface area contributed by atoms with Crippen molar-refractivity contribution in [1.29, 1.82) is 10.7 Å². The van der Waals surface area contributed by atoms with Crippen molar-refractivity contribution in [2.45, 2.75) is 18.9 Å². The number of halogens is 1. The standard InChI is InChI=1S/C18H16BrN5/c19-14-3-4-16-17(8-14)24-18(11-23-16)13(9-21)10-22-15-6-12(7-15)2-1-5-20/h1-4,8-12,15,21-22H,6-7H2/b2-1+,13-10+,21-9?/t12-,15-. The van der Waals surface area contributed by atoms with E-state index in [2.05, 4.69) is 31.2 Å². The largest absolute Gasteiger partial charge is 0.388 e. The predicted molar refractivity (Wildman–Crippen MR) is 98.4 cm³/mol. The van der Waals surface area contributed by atoms with Gasteiger partial charge >= 0.3 is 0 Å². The molecule has 24 heavy (non-hydrogen) atoms. The van der Waals surface area contributed by atoms with Crippen LogP contribution in [0, 0.1) is 22.7 Å². The van der Waals surface area contributed by atoms with E-state index in [0.29, 0.717) is 23.2 Å². The third-order valence-corrected chi connectivity index (χ3v) is 4.54. The summed E-state index contributed by atoms with van der Waals surface area (Å²) >= 11 is 3.44. The van der Waals surface area contributed by atoms with E-state index in [1.807, 2.05) is 36.5 Å². The minimum absolute atomic E-state index is 0.371. The maximum absolute atomic E-state index is 8.52. The summed E-state index contributed by atoms with van der Waals surface area (Å²) < 4.78 is 0.950. The van der Waals surface area contributed by atoms with Crippen molar-refractivity contribution in [2.75, 3.05) is 0 Å². The summed E-state index contributed by atoms with van der Waals surface area (Å²) in [7, 11) is 0. The Morgan fingerprint density at radius 1 is 1.38 bits per heavy atom. The quantitative estimate of drug-likeness (QED) is 0.608. The molecular formula is C18H16BrN5. The molecule has 1 fully saturated rings. The van der Waals surface area contributed by atoms with E-state index in [9.17, 15) is 0 Å². The highest BCUT2D eigenvalue weighted by atomic mass is 79.9. The fourth-order valence-corrected chi connectivity index (χ4v) is 3.00. The predicted octanol–water partition coefficient (Wildman–Crippen LogP) is 3.83. The maximum atomic E-state index is 8.52. The summed E-state index contributed by atoms with van der Waals surface area (Å²) in [5.74, 6) is 0.469. The van der Waals surface area contributed by atoms with Gasteiger partial charge in [-0.05, 0) is 37.0 Å². The number of nitrogens with one attached hydrogen (secondary N) is 2. The number of benzene rings is 1. The van der Waals surface area contributed by atoms with E-state index in [1.54, 1.807) is 12.3 Å². The van der Waals surface area contributed by atoms with Crippen LogP contribution in [0.15, 0.2) is 47.2 Å². The van der Waals surface area contributed by atoms with Crippen LogP contribution in [0.1, 0.15) is 18.5 Å². The highest BCUT2D eigenvalue weighted by Crippen LogP contribution is 2.28. The van der Waals surface area contributed by atoms with Crippen LogP contribution < -0.4 is 5.32 Å². The van der Waals surface area contributed by atoms with Gasteiger partial charge in [-0.2, -0.15) is 5.26 Å². The normalized spacial score (nSPS) is 20.6. The van der Waals surface area contributed by atoms with E-state index < -0.39 is 0 Å². The van der Waals surface area contributed by atoms with E-state index in [4.69, 9.17) is 10.7 Å². The van der Waals surface area contributed by atoms with Crippen LogP contribution in [-0.4, -0.2) is 22.2 Å². The molecule has 0 amide bonds. The number of fused-ring (bicyclic) bond motifs is 1. The lowest BCUT2D eigenvalue weighted by atomic mass is 9.80. The number of hydrogen-bond donors (Lipinski definition) is 2. The Morgan fingerprint density at radius 3 is 2.96 bits per heavy atom. The van der Waals surface area contributed by atoms with Crippen LogP contribution >= 0.6 is 15.9 Å². The van der Waals surface area contributed by atoms with Crippen molar-refractivity contribution < 1.29 is 0 Å². The first-order valence-corrected chi connectivity index (χ1v) is 8.44. The molecule has 2 N–H and O–H groups in total. The van der Waals surface area contributed by atoms with Crippen LogP contribution in [0.3, 0.4) is 0 Å². The smallest absolute Gasteiger partial charge is 0.0922 e. The first-order chi connectivity index (χ1) is 11.7. The van der Waals surface area contributed by atoms with Gasteiger partial charge in [-0.25, -0.2) is 4.98 Å². The fraction of sp³-hybridized carbons (Fsp3) is 0.222. The molecule has 1 heterocycles. The first kappa shape index (κ1) is 16.3. The molecule has 1 aromatic carbocycles. The minimum atomic E-state index is 0.371. The maximum Gasteiger partial charge on any atom is 0.0922 e. The molecule has 1 aliphatic carbocycles. The summed E-state index contributed by atoms with van der Waals surface area (Å²) in [6.07, 6.45) is 10.3. The Labute approximate surface area is 148 Å². The van der Waals surface area contributed by atoms with Crippen LogP contribution in [0.2, 0.25) is 0 Å². The van der Waals surface area contributed by atoms with Gasteiger partial charge < -0.3 is 10.7 Å². The van der Waals surface area contributed by atoms with Crippen molar-refractivity contribution in [3.8, 4) is 6.07 Å². The van der Waals surface area contributed by atoms with Crippen LogP contribution in [-0.2, 0) is 0 Å². The third-order valence-electron chi connectivity index (χ3n) is 4.05. The molecule has 1 saturated carbocycles. The Balaban J connectivity index is 1.71. The zero-order chi connectivity index (χ0) is 16.9. The molecule has 3 rings (SSSR count). The average Bonchev–Trinajstić information content (AvgIpc) is 2.55. The number of nitriles is 1. The van der Waals surface area contributed by atoms with Gasteiger partial charge in [-0.1, -0.05) is 22.0 Å². The van der Waals surface area contributed by atoms with E-state index >= 15 is 0 Å². The average molecular weight is 382 g/mol. The second kappa shape index (κ2) is 7.37. The number of hydrogen-bond acceptors (Lipinski definition) is 5. The number of rotatable bonds is 5. The van der Waals surface area contributed by atoms with Gasteiger partial charge in [0, 0.05) is 34.6 Å². The van der Waals surface area contributed by atoms with Crippen molar-refractivity contribution >= 4 is 38.8 Å². The van der Waals surface area contributed by atoms with Crippen LogP contribution in [0.4, 0.5) is 0 Å². The zero-order valence-electron chi connectivity index (χ0n) is 12.9. The number of allylic oxidation sites excluding steroid dienone is 3. The minimum Gasteiger partial charge on any atom is -0.388 e. The van der Waals surface area contributed by atoms with E-state index in [-0.39, 0.29) is 0 Å². The topological polar surface area (TPSA) is 85.5 Å². The van der Waals surface area contributed by atoms with Crippen molar-refractivity contribution in [2.24, 2.45) is 5.92 Å².